The maximum absolute atomic E-state index is 12.5. The van der Waals surface area contributed by atoms with Crippen LogP contribution in [0.15, 0.2) is 18.2 Å². The number of nitro benzene ring substituents is 1. The minimum Gasteiger partial charge on any atom is -0.482 e. The molecule has 2 aliphatic heterocycles. The lowest BCUT2D eigenvalue weighted by atomic mass is 10.2. The molecule has 1 aromatic carbocycles. The first-order valence-electron chi connectivity index (χ1n) is 9.56. The number of hydrogen-bond donors (Lipinski definition) is 0. The Morgan fingerprint density at radius 3 is 2.59 bits per heavy atom. The minimum absolute atomic E-state index is 0.124. The zero-order valence-corrected chi connectivity index (χ0v) is 16.2. The van der Waals surface area contributed by atoms with Crippen molar-refractivity contribution in [3.63, 3.8) is 0 Å². The first kappa shape index (κ1) is 20.6. The van der Waals surface area contributed by atoms with Gasteiger partial charge in [-0.15, -0.1) is 0 Å². The van der Waals surface area contributed by atoms with E-state index in [0.717, 1.165) is 30.6 Å². The average molecular weight is 405 g/mol. The molecule has 1 saturated heterocycles. The van der Waals surface area contributed by atoms with Crippen LogP contribution >= 0.6 is 0 Å². The van der Waals surface area contributed by atoms with E-state index < -0.39 is 29.4 Å². The molecule has 2 aliphatic rings. The van der Waals surface area contributed by atoms with Crippen LogP contribution in [0.25, 0.3) is 0 Å². The van der Waals surface area contributed by atoms with Gasteiger partial charge in [-0.05, 0) is 25.8 Å². The molecule has 0 bridgehead atoms. The van der Waals surface area contributed by atoms with Gasteiger partial charge in [-0.3, -0.25) is 29.4 Å². The molecular formula is C19H23N3O7. The van der Waals surface area contributed by atoms with E-state index in [9.17, 15) is 24.5 Å². The number of nitro groups is 1. The van der Waals surface area contributed by atoms with E-state index in [4.69, 9.17) is 9.47 Å². The molecule has 0 aliphatic carbocycles. The second-order valence-electron chi connectivity index (χ2n) is 7.05. The van der Waals surface area contributed by atoms with Crippen LogP contribution < -0.4 is 9.64 Å². The highest BCUT2D eigenvalue weighted by atomic mass is 16.6. The SMILES string of the molecule is C[C@H](OC(=O)CN1C(=O)COc2ccc([N+](=O)[O-])cc21)C(=O)N1CCCCCC1. The molecule has 2 heterocycles. The fourth-order valence-electron chi connectivity index (χ4n) is 3.44. The number of carbonyl (C=O) groups is 3. The number of fused-ring (bicyclic) bond motifs is 1. The Morgan fingerprint density at radius 2 is 1.93 bits per heavy atom. The molecule has 10 heteroatoms. The number of anilines is 1. The van der Waals surface area contributed by atoms with Gasteiger partial charge in [0.25, 0.3) is 17.5 Å². The molecule has 1 fully saturated rings. The summed E-state index contributed by atoms with van der Waals surface area (Å²) < 4.78 is 10.5. The van der Waals surface area contributed by atoms with E-state index in [1.54, 1.807) is 4.90 Å². The smallest absolute Gasteiger partial charge is 0.326 e. The monoisotopic (exact) mass is 405 g/mol. The first-order chi connectivity index (χ1) is 13.9. The van der Waals surface area contributed by atoms with Crippen LogP contribution in [0.4, 0.5) is 11.4 Å². The van der Waals surface area contributed by atoms with Gasteiger partial charge >= 0.3 is 5.97 Å². The number of carbonyl (C=O) groups excluding carboxylic acids is 3. The van der Waals surface area contributed by atoms with Crippen molar-refractivity contribution in [1.82, 2.24) is 4.90 Å². The molecular weight excluding hydrogens is 382 g/mol. The number of likely N-dealkylation sites (tertiary alicyclic amines) is 1. The molecule has 0 aromatic heterocycles. The highest BCUT2D eigenvalue weighted by molar-refractivity contribution is 6.02. The van der Waals surface area contributed by atoms with Gasteiger partial charge in [-0.25, -0.2) is 0 Å². The van der Waals surface area contributed by atoms with Crippen LogP contribution in [-0.2, 0) is 19.1 Å². The van der Waals surface area contributed by atoms with Crippen molar-refractivity contribution in [1.29, 1.82) is 0 Å². The quantitative estimate of drug-likeness (QED) is 0.415. The molecule has 3 rings (SSSR count). The van der Waals surface area contributed by atoms with Crippen LogP contribution in [-0.4, -0.2) is 60.0 Å². The highest BCUT2D eigenvalue weighted by Gasteiger charge is 2.31. The van der Waals surface area contributed by atoms with Crippen molar-refractivity contribution in [2.24, 2.45) is 0 Å². The molecule has 0 N–H and O–H groups in total. The molecule has 0 spiro atoms. The molecule has 0 saturated carbocycles. The summed E-state index contributed by atoms with van der Waals surface area (Å²) in [6.45, 7) is 2.03. The van der Waals surface area contributed by atoms with E-state index in [0.29, 0.717) is 13.1 Å². The largest absolute Gasteiger partial charge is 0.482 e. The van der Waals surface area contributed by atoms with Crippen LogP contribution in [0, 0.1) is 10.1 Å². The number of non-ortho nitro benzene ring substituents is 1. The average Bonchev–Trinajstić information content (AvgIpc) is 2.98. The zero-order valence-electron chi connectivity index (χ0n) is 16.2. The van der Waals surface area contributed by atoms with E-state index in [2.05, 4.69) is 0 Å². The molecule has 10 nitrogen and oxygen atoms in total. The number of hydrogen-bond acceptors (Lipinski definition) is 7. The lowest BCUT2D eigenvalue weighted by molar-refractivity contribution is -0.384. The van der Waals surface area contributed by atoms with Gasteiger partial charge in [0.05, 0.1) is 10.6 Å². The number of rotatable bonds is 5. The maximum atomic E-state index is 12.5. The Hall–Kier alpha value is -3.17. The predicted molar refractivity (Wildman–Crippen MR) is 102 cm³/mol. The summed E-state index contributed by atoms with van der Waals surface area (Å²) in [6, 6.07) is 3.81. The second-order valence-corrected chi connectivity index (χ2v) is 7.05. The van der Waals surface area contributed by atoms with Gasteiger partial charge in [0.2, 0.25) is 0 Å². The Balaban J connectivity index is 1.67. The van der Waals surface area contributed by atoms with Gasteiger partial charge in [0.1, 0.15) is 12.3 Å². The molecule has 0 radical (unpaired) electrons. The lowest BCUT2D eigenvalue weighted by Crippen LogP contribution is -2.45. The van der Waals surface area contributed by atoms with Crippen LogP contribution in [0.1, 0.15) is 32.6 Å². The molecule has 0 unspecified atom stereocenters. The van der Waals surface area contributed by atoms with E-state index in [1.165, 1.54) is 25.1 Å². The molecule has 2 amide bonds. The van der Waals surface area contributed by atoms with Gasteiger partial charge < -0.3 is 14.4 Å². The summed E-state index contributed by atoms with van der Waals surface area (Å²) in [5, 5.41) is 11.0. The summed E-state index contributed by atoms with van der Waals surface area (Å²) in [6.07, 6.45) is 3.01. The summed E-state index contributed by atoms with van der Waals surface area (Å²) in [5.74, 6) is -1.30. The fraction of sp³-hybridized carbons (Fsp3) is 0.526. The third-order valence-corrected chi connectivity index (χ3v) is 4.96. The van der Waals surface area contributed by atoms with E-state index in [1.807, 2.05) is 0 Å². The van der Waals surface area contributed by atoms with Gasteiger partial charge in [0.15, 0.2) is 12.7 Å². The summed E-state index contributed by atoms with van der Waals surface area (Å²) in [7, 11) is 0. The van der Waals surface area contributed by atoms with Gasteiger partial charge in [0, 0.05) is 25.2 Å². The van der Waals surface area contributed by atoms with Crippen molar-refractivity contribution in [3.05, 3.63) is 28.3 Å². The molecule has 29 heavy (non-hydrogen) atoms. The standard InChI is InChI=1S/C19H23N3O7/c1-13(19(25)20-8-4-2-3-5-9-20)29-18(24)11-21-15-10-14(22(26)27)6-7-16(15)28-12-17(21)23/h6-7,10,13H,2-5,8-9,11-12H2,1H3/t13-/m0/s1. The third-order valence-electron chi connectivity index (χ3n) is 4.96. The van der Waals surface area contributed by atoms with E-state index in [-0.39, 0.29) is 29.6 Å². The molecule has 1 aromatic rings. The summed E-state index contributed by atoms with van der Waals surface area (Å²) in [5.41, 5.74) is -0.107. The van der Waals surface area contributed by atoms with Gasteiger partial charge in [-0.1, -0.05) is 12.8 Å². The number of amides is 2. The van der Waals surface area contributed by atoms with Gasteiger partial charge in [-0.2, -0.15) is 0 Å². The van der Waals surface area contributed by atoms with Crippen molar-refractivity contribution in [2.75, 3.05) is 31.1 Å². The summed E-state index contributed by atoms with van der Waals surface area (Å²) >= 11 is 0. The second kappa shape index (κ2) is 8.89. The Morgan fingerprint density at radius 1 is 1.24 bits per heavy atom. The van der Waals surface area contributed by atoms with Crippen LogP contribution in [0.3, 0.4) is 0 Å². The number of ether oxygens (including phenoxy) is 2. The lowest BCUT2D eigenvalue weighted by Gasteiger charge is -2.29. The Labute approximate surface area is 167 Å². The minimum atomic E-state index is -0.971. The number of benzene rings is 1. The van der Waals surface area contributed by atoms with E-state index >= 15 is 0 Å². The van der Waals surface area contributed by atoms with Crippen molar-refractivity contribution in [3.8, 4) is 5.75 Å². The Kier molecular flexibility index (Phi) is 6.30. The van der Waals surface area contributed by atoms with Crippen molar-refractivity contribution in [2.45, 2.75) is 38.7 Å². The summed E-state index contributed by atoms with van der Waals surface area (Å²) in [4.78, 5) is 50.3. The van der Waals surface area contributed by atoms with Crippen LogP contribution in [0.5, 0.6) is 5.75 Å². The molecule has 156 valence electrons. The highest BCUT2D eigenvalue weighted by Crippen LogP contribution is 2.35. The van der Waals surface area contributed by atoms with Crippen LogP contribution in [0.2, 0.25) is 0 Å². The number of nitrogens with zero attached hydrogens (tertiary/aromatic N) is 3. The Bertz CT molecular complexity index is 818. The fourth-order valence-corrected chi connectivity index (χ4v) is 3.44. The zero-order chi connectivity index (χ0) is 21.0. The maximum Gasteiger partial charge on any atom is 0.326 e. The third kappa shape index (κ3) is 4.82. The topological polar surface area (TPSA) is 119 Å². The van der Waals surface area contributed by atoms with Crippen molar-refractivity contribution < 1.29 is 28.8 Å². The predicted octanol–water partition coefficient (Wildman–Crippen LogP) is 1.65. The number of esters is 1. The molecule has 1 atom stereocenters. The van der Waals surface area contributed by atoms with Crippen molar-refractivity contribution >= 4 is 29.2 Å². The first-order valence-corrected chi connectivity index (χ1v) is 9.56. The normalized spacial score (nSPS) is 17.6.